The third-order valence-corrected chi connectivity index (χ3v) is 8.14. The number of nitriles is 1. The van der Waals surface area contributed by atoms with Gasteiger partial charge in [0.25, 0.3) is 0 Å². The Bertz CT molecular complexity index is 1650. The number of fused-ring (bicyclic) bond motifs is 3. The van der Waals surface area contributed by atoms with Gasteiger partial charge in [0.15, 0.2) is 0 Å². The molecule has 0 amide bonds. The molecule has 4 aliphatic rings. The molecule has 3 atom stereocenters. The first kappa shape index (κ1) is 22.4. The number of hydrogen-bond donors (Lipinski definition) is 1. The fourth-order valence-corrected chi connectivity index (χ4v) is 6.00. The first-order valence-electron chi connectivity index (χ1n) is 15.3. The second kappa shape index (κ2) is 11.0. The van der Waals surface area contributed by atoms with E-state index in [1.165, 1.54) is 0 Å². The zero-order valence-corrected chi connectivity index (χ0v) is 22.4. The Labute approximate surface area is 242 Å². The van der Waals surface area contributed by atoms with Gasteiger partial charge in [-0.3, -0.25) is 9.88 Å². The van der Waals surface area contributed by atoms with Crippen LogP contribution in [0.5, 0.6) is 11.5 Å². The van der Waals surface area contributed by atoms with Crippen LogP contribution in [0.2, 0.25) is 0 Å². The van der Waals surface area contributed by atoms with Crippen molar-refractivity contribution in [1.29, 1.82) is 5.26 Å². The van der Waals surface area contributed by atoms with Gasteiger partial charge in [-0.25, -0.2) is 9.50 Å². The molecule has 3 unspecified atom stereocenters. The third-order valence-electron chi connectivity index (χ3n) is 8.14. The molecule has 7 heterocycles. The minimum atomic E-state index is -2.45. The Morgan fingerprint density at radius 3 is 2.76 bits per heavy atom. The highest BCUT2D eigenvalue weighted by Crippen LogP contribution is 2.36. The van der Waals surface area contributed by atoms with Crippen LogP contribution in [0.3, 0.4) is 0 Å². The van der Waals surface area contributed by atoms with Crippen LogP contribution in [0, 0.1) is 11.3 Å². The summed E-state index contributed by atoms with van der Waals surface area (Å²) < 4.78 is 40.3. The molecule has 210 valence electrons. The van der Waals surface area contributed by atoms with Crippen LogP contribution in [-0.4, -0.2) is 89.1 Å². The maximum atomic E-state index is 9.72. The lowest BCUT2D eigenvalue weighted by atomic mass is 9.87. The van der Waals surface area contributed by atoms with Gasteiger partial charge < -0.3 is 24.4 Å². The molecule has 0 radical (unpaired) electrons. The van der Waals surface area contributed by atoms with Crippen LogP contribution in [0.1, 0.15) is 21.7 Å². The Hall–Kier alpha value is -4.24. The van der Waals surface area contributed by atoms with Gasteiger partial charge in [-0.1, -0.05) is 12.1 Å². The van der Waals surface area contributed by atoms with E-state index in [1.54, 1.807) is 41.4 Å². The molecule has 0 saturated carbocycles. The van der Waals surface area contributed by atoms with E-state index >= 15 is 0 Å². The van der Waals surface area contributed by atoms with Gasteiger partial charge in [0.2, 0.25) is 0 Å². The van der Waals surface area contributed by atoms with Gasteiger partial charge in [-0.15, -0.1) is 0 Å². The summed E-state index contributed by atoms with van der Waals surface area (Å²) in [5.74, 6) is 1.76. The Morgan fingerprint density at radius 1 is 1.15 bits per heavy atom. The van der Waals surface area contributed by atoms with E-state index in [0.29, 0.717) is 53.6 Å². The van der Waals surface area contributed by atoms with Crippen LogP contribution < -0.4 is 19.7 Å². The second-order valence-corrected chi connectivity index (χ2v) is 10.7. The highest BCUT2D eigenvalue weighted by molar-refractivity contribution is 5.83. The standard InChI is InChI=1S/C30H32N8O3/c1-39-24-4-2-20(3-5-24)15-37-22-8-23(37)17-36(16-22)29-14-33-28(13-34-29)27-9-25(41-19-26-12-32-6-7-40-26)18-38-30(27)21(10-31)11-35-38/h2-5,9,11,13-14,18,22-23,26,32H,6-8,12,15-17,19H2,1H3/i1D3. The topological polar surface area (TPSA) is 113 Å². The molecule has 2 bridgehead atoms. The first-order valence-corrected chi connectivity index (χ1v) is 13.8. The van der Waals surface area contributed by atoms with Crippen molar-refractivity contribution in [3.63, 3.8) is 0 Å². The van der Waals surface area contributed by atoms with Crippen molar-refractivity contribution in [1.82, 2.24) is 29.8 Å². The fourth-order valence-electron chi connectivity index (χ4n) is 6.00. The maximum Gasteiger partial charge on any atom is 0.147 e. The Kier molecular flexibility index (Phi) is 6.01. The second-order valence-electron chi connectivity index (χ2n) is 10.7. The number of rotatable bonds is 8. The van der Waals surface area contributed by atoms with Crippen molar-refractivity contribution >= 4 is 11.3 Å². The van der Waals surface area contributed by atoms with E-state index in [9.17, 15) is 5.26 Å². The summed E-state index contributed by atoms with van der Waals surface area (Å²) >= 11 is 0. The average molecular weight is 556 g/mol. The number of nitrogens with zero attached hydrogens (tertiary/aromatic N) is 7. The molecule has 3 aromatic heterocycles. The van der Waals surface area contributed by atoms with E-state index in [-0.39, 0.29) is 6.10 Å². The van der Waals surface area contributed by atoms with Crippen molar-refractivity contribution in [2.24, 2.45) is 0 Å². The summed E-state index contributed by atoms with van der Waals surface area (Å²) in [7, 11) is -2.45. The molecule has 1 N–H and O–H groups in total. The number of aromatic nitrogens is 4. The van der Waals surface area contributed by atoms with E-state index in [1.807, 2.05) is 18.2 Å². The molecule has 4 saturated heterocycles. The van der Waals surface area contributed by atoms with Crippen molar-refractivity contribution in [3.05, 3.63) is 66.2 Å². The summed E-state index contributed by atoms with van der Waals surface area (Å²) in [6.45, 7) is 5.11. The van der Waals surface area contributed by atoms with E-state index in [2.05, 4.69) is 26.3 Å². The van der Waals surface area contributed by atoms with Crippen LogP contribution >= 0.6 is 0 Å². The predicted octanol–water partition coefficient (Wildman–Crippen LogP) is 2.50. The molecule has 8 rings (SSSR count). The van der Waals surface area contributed by atoms with Gasteiger partial charge >= 0.3 is 0 Å². The average Bonchev–Trinajstić information content (AvgIpc) is 3.46. The third kappa shape index (κ3) is 5.06. The lowest BCUT2D eigenvalue weighted by Gasteiger charge is -2.56. The molecule has 4 aliphatic heterocycles. The summed E-state index contributed by atoms with van der Waals surface area (Å²) in [5, 5.41) is 17.4. The summed E-state index contributed by atoms with van der Waals surface area (Å²) in [4.78, 5) is 14.3. The van der Waals surface area contributed by atoms with Gasteiger partial charge in [-0.2, -0.15) is 10.4 Å². The predicted molar refractivity (Wildman–Crippen MR) is 152 cm³/mol. The number of hydrogen-bond acceptors (Lipinski definition) is 10. The Balaban J connectivity index is 1.03. The molecular weight excluding hydrogens is 520 g/mol. The van der Waals surface area contributed by atoms with Gasteiger partial charge in [-0.05, 0) is 30.2 Å². The van der Waals surface area contributed by atoms with Crippen molar-refractivity contribution in [2.45, 2.75) is 31.2 Å². The molecule has 4 aromatic rings. The highest BCUT2D eigenvalue weighted by atomic mass is 16.5. The lowest BCUT2D eigenvalue weighted by Crippen LogP contribution is -2.68. The van der Waals surface area contributed by atoms with Crippen LogP contribution in [0.15, 0.2) is 55.1 Å². The largest absolute Gasteiger partial charge is 0.497 e. The number of pyridine rings is 1. The van der Waals surface area contributed by atoms with Crippen LogP contribution in [-0.2, 0) is 11.3 Å². The first-order chi connectivity index (χ1) is 21.3. The molecule has 11 nitrogen and oxygen atoms in total. The number of piperazine rings is 1. The minimum Gasteiger partial charge on any atom is -0.497 e. The molecule has 1 aromatic carbocycles. The zero-order chi connectivity index (χ0) is 30.3. The lowest BCUT2D eigenvalue weighted by molar-refractivity contribution is -0.00870. The molecular formula is C30H32N8O3. The summed E-state index contributed by atoms with van der Waals surface area (Å²) in [5.41, 5.74) is 3.58. The quantitative estimate of drug-likeness (QED) is 0.348. The van der Waals surface area contributed by atoms with Gasteiger partial charge in [0.1, 0.15) is 36.1 Å². The minimum absolute atomic E-state index is 0.0376. The van der Waals surface area contributed by atoms with Gasteiger partial charge in [0, 0.05) is 50.4 Å². The number of anilines is 1. The zero-order valence-electron chi connectivity index (χ0n) is 25.4. The number of ether oxygens (including phenoxy) is 3. The number of morpholine rings is 1. The van der Waals surface area contributed by atoms with Crippen molar-refractivity contribution < 1.29 is 18.3 Å². The molecule has 0 spiro atoms. The maximum absolute atomic E-state index is 9.72. The van der Waals surface area contributed by atoms with E-state index in [4.69, 9.17) is 28.3 Å². The van der Waals surface area contributed by atoms with Gasteiger partial charge in [0.05, 0.1) is 59.3 Å². The number of nitrogens with one attached hydrogen (secondary N) is 1. The van der Waals surface area contributed by atoms with Crippen LogP contribution in [0.25, 0.3) is 16.8 Å². The van der Waals surface area contributed by atoms with E-state index in [0.717, 1.165) is 56.1 Å². The Morgan fingerprint density at radius 2 is 2.02 bits per heavy atom. The monoisotopic (exact) mass is 555 g/mol. The summed E-state index contributed by atoms with van der Waals surface area (Å²) in [6, 6.07) is 12.2. The number of methoxy groups -OCH3 is 1. The summed E-state index contributed by atoms with van der Waals surface area (Å²) in [6.07, 6.45) is 7.95. The van der Waals surface area contributed by atoms with Crippen molar-refractivity contribution in [2.75, 3.05) is 51.3 Å². The van der Waals surface area contributed by atoms with E-state index < -0.39 is 7.04 Å². The normalized spacial score (nSPS) is 23.6. The molecule has 41 heavy (non-hydrogen) atoms. The smallest absolute Gasteiger partial charge is 0.147 e. The number of piperidine rings is 1. The molecule has 4 fully saturated rings. The van der Waals surface area contributed by atoms with Crippen LogP contribution in [0.4, 0.5) is 5.82 Å². The fraction of sp³-hybridized carbons (Fsp3) is 0.400. The van der Waals surface area contributed by atoms with Crippen molar-refractivity contribution in [3.8, 4) is 28.8 Å². The molecule has 11 heteroatoms. The highest BCUT2D eigenvalue weighted by Gasteiger charge is 2.44. The SMILES string of the molecule is [2H]C([2H])([2H])Oc1ccc(CN2C3CC2CN(c2cnc(-c4cc(OCC5CNCCO5)cn5ncc(C#N)c45)cn2)C3)cc1. The number of benzene rings is 1. The molecule has 0 aliphatic carbocycles.